The number of fused-ring (bicyclic) bond motifs is 1. The molecular weight excluding hydrogens is 416 g/mol. The van der Waals surface area contributed by atoms with Gasteiger partial charge in [0, 0.05) is 23.1 Å². The van der Waals surface area contributed by atoms with Gasteiger partial charge in [-0.05, 0) is 35.7 Å². The van der Waals surface area contributed by atoms with Gasteiger partial charge in [-0.25, -0.2) is 4.98 Å². The zero-order chi connectivity index (χ0) is 21.9. The summed E-state index contributed by atoms with van der Waals surface area (Å²) >= 11 is 1.68. The molecule has 0 atom stereocenters. The molecular formula is C26H22N4OS. The SMILES string of the molecule is Cc1ccc(-c2cccc(SCc3cc(O)n4nc(Cc5ccccc5)nc4n3)c2)cc1. The minimum absolute atomic E-state index is 0.0471. The lowest BCUT2D eigenvalue weighted by Crippen LogP contribution is -1.96. The van der Waals surface area contributed by atoms with E-state index in [1.807, 2.05) is 30.3 Å². The molecule has 0 aliphatic rings. The number of rotatable bonds is 6. The highest BCUT2D eigenvalue weighted by atomic mass is 32.2. The molecule has 0 aliphatic carbocycles. The Morgan fingerprint density at radius 2 is 1.66 bits per heavy atom. The molecule has 0 saturated heterocycles. The lowest BCUT2D eigenvalue weighted by atomic mass is 10.0. The Hall–Kier alpha value is -3.64. The second-order valence-electron chi connectivity index (χ2n) is 7.69. The van der Waals surface area contributed by atoms with Gasteiger partial charge in [-0.1, -0.05) is 72.3 Å². The topological polar surface area (TPSA) is 63.3 Å². The second kappa shape index (κ2) is 8.85. The van der Waals surface area contributed by atoms with Crippen LogP contribution in [-0.2, 0) is 12.2 Å². The molecule has 3 aromatic carbocycles. The zero-order valence-electron chi connectivity index (χ0n) is 17.6. The number of benzene rings is 3. The Morgan fingerprint density at radius 1 is 0.844 bits per heavy atom. The van der Waals surface area contributed by atoms with E-state index in [0.717, 1.165) is 16.2 Å². The molecule has 158 valence electrons. The maximum atomic E-state index is 10.5. The summed E-state index contributed by atoms with van der Waals surface area (Å²) in [5.74, 6) is 1.72. The monoisotopic (exact) mass is 438 g/mol. The van der Waals surface area contributed by atoms with E-state index in [0.29, 0.717) is 23.8 Å². The molecule has 1 N–H and O–H groups in total. The number of hydrogen-bond acceptors (Lipinski definition) is 5. The normalized spacial score (nSPS) is 11.2. The Kier molecular flexibility index (Phi) is 5.60. The lowest BCUT2D eigenvalue weighted by molar-refractivity contribution is 0.434. The Morgan fingerprint density at radius 3 is 2.47 bits per heavy atom. The van der Waals surface area contributed by atoms with Gasteiger partial charge in [-0.3, -0.25) is 0 Å². The van der Waals surface area contributed by atoms with Gasteiger partial charge in [-0.2, -0.15) is 9.50 Å². The van der Waals surface area contributed by atoms with Crippen LogP contribution in [0, 0.1) is 6.92 Å². The van der Waals surface area contributed by atoms with Crippen LogP contribution in [-0.4, -0.2) is 24.7 Å². The predicted octanol–water partition coefficient (Wildman–Crippen LogP) is 5.69. The molecule has 2 heterocycles. The molecule has 0 amide bonds. The first kappa shape index (κ1) is 20.3. The number of aromatic hydroxyl groups is 1. The van der Waals surface area contributed by atoms with Crippen molar-refractivity contribution in [3.05, 3.63) is 108 Å². The highest BCUT2D eigenvalue weighted by Gasteiger charge is 2.12. The highest BCUT2D eigenvalue weighted by molar-refractivity contribution is 7.98. The van der Waals surface area contributed by atoms with Gasteiger partial charge >= 0.3 is 0 Å². The van der Waals surface area contributed by atoms with Crippen molar-refractivity contribution in [2.45, 2.75) is 24.0 Å². The fourth-order valence-corrected chi connectivity index (χ4v) is 4.39. The van der Waals surface area contributed by atoms with E-state index in [-0.39, 0.29) is 5.88 Å². The molecule has 0 radical (unpaired) electrons. The van der Waals surface area contributed by atoms with Crippen LogP contribution >= 0.6 is 11.8 Å². The summed E-state index contributed by atoms with van der Waals surface area (Å²) < 4.78 is 1.39. The molecule has 0 saturated carbocycles. The summed E-state index contributed by atoms with van der Waals surface area (Å²) in [6.45, 7) is 2.09. The minimum atomic E-state index is 0.0471. The van der Waals surface area contributed by atoms with Crippen molar-refractivity contribution in [3.63, 3.8) is 0 Å². The molecule has 6 heteroatoms. The zero-order valence-corrected chi connectivity index (χ0v) is 18.5. The van der Waals surface area contributed by atoms with E-state index in [1.165, 1.54) is 21.2 Å². The molecule has 5 nitrogen and oxygen atoms in total. The van der Waals surface area contributed by atoms with Crippen molar-refractivity contribution in [1.82, 2.24) is 19.6 Å². The second-order valence-corrected chi connectivity index (χ2v) is 8.74. The smallest absolute Gasteiger partial charge is 0.255 e. The summed E-state index contributed by atoms with van der Waals surface area (Å²) in [6, 6.07) is 28.7. The average Bonchev–Trinajstić information content (AvgIpc) is 3.22. The summed E-state index contributed by atoms with van der Waals surface area (Å²) in [5.41, 5.74) is 5.52. The van der Waals surface area contributed by atoms with E-state index < -0.39 is 0 Å². The first-order chi connectivity index (χ1) is 15.6. The van der Waals surface area contributed by atoms with Crippen LogP contribution in [0.1, 0.15) is 22.6 Å². The van der Waals surface area contributed by atoms with Gasteiger partial charge in [0.2, 0.25) is 5.88 Å². The molecule has 0 aliphatic heterocycles. The van der Waals surface area contributed by atoms with Crippen molar-refractivity contribution in [2.24, 2.45) is 0 Å². The third-order valence-corrected chi connectivity index (χ3v) is 6.23. The molecule has 0 spiro atoms. The maximum absolute atomic E-state index is 10.5. The van der Waals surface area contributed by atoms with Gasteiger partial charge in [0.1, 0.15) is 0 Å². The Balaban J connectivity index is 1.33. The van der Waals surface area contributed by atoms with E-state index >= 15 is 0 Å². The lowest BCUT2D eigenvalue weighted by Gasteiger charge is -2.06. The van der Waals surface area contributed by atoms with Crippen LogP contribution in [0.2, 0.25) is 0 Å². The average molecular weight is 439 g/mol. The number of hydrogen-bond donors (Lipinski definition) is 1. The largest absolute Gasteiger partial charge is 0.493 e. The van der Waals surface area contributed by atoms with Crippen LogP contribution in [0.25, 0.3) is 16.9 Å². The summed E-state index contributed by atoms with van der Waals surface area (Å²) in [6.07, 6.45) is 0.597. The molecule has 2 aromatic heterocycles. The van der Waals surface area contributed by atoms with Crippen molar-refractivity contribution in [1.29, 1.82) is 0 Å². The Labute approximate surface area is 190 Å². The fourth-order valence-electron chi connectivity index (χ4n) is 3.54. The van der Waals surface area contributed by atoms with Crippen molar-refractivity contribution in [2.75, 3.05) is 0 Å². The number of aromatic nitrogens is 4. The van der Waals surface area contributed by atoms with Gasteiger partial charge < -0.3 is 5.11 Å². The number of nitrogens with zero attached hydrogens (tertiary/aromatic N) is 4. The van der Waals surface area contributed by atoms with Gasteiger partial charge in [0.15, 0.2) is 5.82 Å². The molecule has 5 aromatic rings. The van der Waals surface area contributed by atoms with Gasteiger partial charge in [0.25, 0.3) is 5.78 Å². The maximum Gasteiger partial charge on any atom is 0.255 e. The summed E-state index contributed by atoms with van der Waals surface area (Å²) in [5, 5.41) is 14.9. The first-order valence-corrected chi connectivity index (χ1v) is 11.4. The van der Waals surface area contributed by atoms with Gasteiger partial charge in [-0.15, -0.1) is 16.9 Å². The van der Waals surface area contributed by atoms with E-state index in [1.54, 1.807) is 17.8 Å². The molecule has 0 bridgehead atoms. The van der Waals surface area contributed by atoms with Crippen LogP contribution in [0.3, 0.4) is 0 Å². The molecule has 0 fully saturated rings. The van der Waals surface area contributed by atoms with Crippen LogP contribution in [0.4, 0.5) is 0 Å². The number of thioether (sulfide) groups is 1. The molecule has 5 rings (SSSR count). The molecule has 0 unspecified atom stereocenters. The van der Waals surface area contributed by atoms with Crippen LogP contribution in [0.15, 0.2) is 89.8 Å². The minimum Gasteiger partial charge on any atom is -0.493 e. The standard InChI is InChI=1S/C26H22N4OS/c1-18-10-12-20(13-11-18)21-8-5-9-23(15-21)32-17-22-16-25(31)30-26(27-22)28-24(29-30)14-19-6-3-2-4-7-19/h2-13,15-16,31H,14,17H2,1H3. The van der Waals surface area contributed by atoms with Crippen molar-refractivity contribution in [3.8, 4) is 17.0 Å². The molecule has 32 heavy (non-hydrogen) atoms. The van der Waals surface area contributed by atoms with Gasteiger partial charge in [0.05, 0.1) is 5.69 Å². The van der Waals surface area contributed by atoms with E-state index in [2.05, 4.69) is 70.5 Å². The predicted molar refractivity (Wildman–Crippen MR) is 128 cm³/mol. The highest BCUT2D eigenvalue weighted by Crippen LogP contribution is 2.28. The third-order valence-electron chi connectivity index (χ3n) is 5.20. The Bertz CT molecular complexity index is 1360. The van der Waals surface area contributed by atoms with Crippen molar-refractivity contribution >= 4 is 17.5 Å². The quantitative estimate of drug-likeness (QED) is 0.345. The number of aryl methyl sites for hydroxylation is 1. The van der Waals surface area contributed by atoms with E-state index in [4.69, 9.17) is 0 Å². The summed E-state index contributed by atoms with van der Waals surface area (Å²) in [7, 11) is 0. The summed E-state index contributed by atoms with van der Waals surface area (Å²) in [4.78, 5) is 10.3. The van der Waals surface area contributed by atoms with Crippen LogP contribution < -0.4 is 0 Å². The third kappa shape index (κ3) is 4.50. The fraction of sp³-hybridized carbons (Fsp3) is 0.115. The van der Waals surface area contributed by atoms with E-state index in [9.17, 15) is 5.11 Å². The van der Waals surface area contributed by atoms with Crippen LogP contribution in [0.5, 0.6) is 5.88 Å². The van der Waals surface area contributed by atoms with Crippen molar-refractivity contribution < 1.29 is 5.11 Å². The first-order valence-electron chi connectivity index (χ1n) is 10.4.